The van der Waals surface area contributed by atoms with Crippen LogP contribution in [0.3, 0.4) is 0 Å². The van der Waals surface area contributed by atoms with Crippen molar-refractivity contribution in [1.82, 2.24) is 15.0 Å². The zero-order chi connectivity index (χ0) is 23.5. The van der Waals surface area contributed by atoms with Crippen LogP contribution in [-0.2, 0) is 4.74 Å². The molecule has 1 aliphatic rings. The van der Waals surface area contributed by atoms with Crippen molar-refractivity contribution in [2.45, 2.75) is 25.7 Å². The normalized spacial score (nSPS) is 14.3. The van der Waals surface area contributed by atoms with Crippen LogP contribution in [0.15, 0.2) is 21.3 Å². The van der Waals surface area contributed by atoms with Gasteiger partial charge >= 0.3 is 11.0 Å². The number of hydrogen-bond donors (Lipinski definition) is 0. The molecule has 0 unspecified atom stereocenters. The van der Waals surface area contributed by atoms with Crippen molar-refractivity contribution in [1.29, 1.82) is 0 Å². The molecule has 33 heavy (non-hydrogen) atoms. The number of carbonyl (C=O) groups is 2. The molecular weight excluding hydrogens is 472 g/mol. The summed E-state index contributed by atoms with van der Waals surface area (Å²) in [5.41, 5.74) is 0.899. The first-order chi connectivity index (χ1) is 15.9. The van der Waals surface area contributed by atoms with Crippen LogP contribution in [0.25, 0.3) is 11.5 Å². The number of nitrogens with zero attached hydrogens (tertiary/aromatic N) is 4. The maximum atomic E-state index is 12.9. The van der Waals surface area contributed by atoms with Gasteiger partial charge in [-0.3, -0.25) is 14.9 Å². The van der Waals surface area contributed by atoms with Gasteiger partial charge in [-0.15, -0.1) is 11.3 Å². The van der Waals surface area contributed by atoms with E-state index >= 15 is 0 Å². The highest BCUT2D eigenvalue weighted by molar-refractivity contribution is 7.14. The number of thiophene rings is 1. The summed E-state index contributed by atoms with van der Waals surface area (Å²) in [7, 11) is 1.32. The van der Waals surface area contributed by atoms with Crippen LogP contribution in [0.5, 0.6) is 5.75 Å². The van der Waals surface area contributed by atoms with Gasteiger partial charge in [0.1, 0.15) is 5.69 Å². The van der Waals surface area contributed by atoms with E-state index in [-0.39, 0.29) is 40.4 Å². The summed E-state index contributed by atoms with van der Waals surface area (Å²) in [6.45, 7) is 2.96. The summed E-state index contributed by atoms with van der Waals surface area (Å²) >= 11 is 2.37. The van der Waals surface area contributed by atoms with Gasteiger partial charge in [-0.25, -0.2) is 9.78 Å². The van der Waals surface area contributed by atoms with Crippen molar-refractivity contribution >= 4 is 39.6 Å². The van der Waals surface area contributed by atoms with Gasteiger partial charge in [0.05, 0.1) is 29.2 Å². The quantitative estimate of drug-likeness (QED) is 0.272. The van der Waals surface area contributed by atoms with E-state index < -0.39 is 10.9 Å². The highest BCUT2D eigenvalue weighted by atomic mass is 32.1. The van der Waals surface area contributed by atoms with Crippen molar-refractivity contribution in [3.05, 3.63) is 43.2 Å². The molecule has 1 aliphatic heterocycles. The SMILES string of the molecule is CCOC(=O)c1cc(-c2csc(C3CCN(C(=O)c4csc([N+](=O)[O-])c4OC)CC3)n2)on1. The topological polar surface area (TPSA) is 138 Å². The Labute approximate surface area is 196 Å². The molecule has 4 rings (SSSR count). The Morgan fingerprint density at radius 1 is 1.30 bits per heavy atom. The molecule has 4 heterocycles. The predicted molar refractivity (Wildman–Crippen MR) is 119 cm³/mol. The van der Waals surface area contributed by atoms with E-state index in [0.29, 0.717) is 37.4 Å². The lowest BCUT2D eigenvalue weighted by Crippen LogP contribution is -2.37. The summed E-state index contributed by atoms with van der Waals surface area (Å²) in [5, 5.41) is 18.9. The molecule has 1 amide bonds. The lowest BCUT2D eigenvalue weighted by molar-refractivity contribution is -0.381. The molecule has 0 spiro atoms. The second-order valence-corrected chi connectivity index (χ2v) is 8.93. The number of nitro groups is 1. The van der Waals surface area contributed by atoms with Gasteiger partial charge in [-0.1, -0.05) is 16.5 Å². The van der Waals surface area contributed by atoms with Crippen molar-refractivity contribution in [2.75, 3.05) is 26.8 Å². The van der Waals surface area contributed by atoms with Gasteiger partial charge in [0.25, 0.3) is 5.91 Å². The fraction of sp³-hybridized carbons (Fsp3) is 0.400. The number of amides is 1. The fourth-order valence-electron chi connectivity index (χ4n) is 3.59. The Morgan fingerprint density at radius 3 is 2.73 bits per heavy atom. The Hall–Kier alpha value is -3.32. The molecule has 0 atom stereocenters. The first-order valence-corrected chi connectivity index (χ1v) is 11.9. The number of likely N-dealkylation sites (tertiary alicyclic amines) is 1. The predicted octanol–water partition coefficient (Wildman–Crippen LogP) is 3.97. The molecule has 1 fully saturated rings. The average Bonchev–Trinajstić information content (AvgIpc) is 3.57. The summed E-state index contributed by atoms with van der Waals surface area (Å²) < 4.78 is 15.3. The van der Waals surface area contributed by atoms with Gasteiger partial charge in [0.15, 0.2) is 11.5 Å². The number of hydrogen-bond acceptors (Lipinski definition) is 11. The van der Waals surface area contributed by atoms with Gasteiger partial charge in [-0.2, -0.15) is 0 Å². The number of esters is 1. The van der Waals surface area contributed by atoms with Crippen molar-refractivity contribution in [3.8, 4) is 17.2 Å². The van der Waals surface area contributed by atoms with Crippen LogP contribution >= 0.6 is 22.7 Å². The molecule has 0 aliphatic carbocycles. The number of ether oxygens (including phenoxy) is 2. The maximum absolute atomic E-state index is 12.9. The van der Waals surface area contributed by atoms with Crippen molar-refractivity contribution in [2.24, 2.45) is 0 Å². The fourth-order valence-corrected chi connectivity index (χ4v) is 5.40. The minimum atomic E-state index is -0.549. The lowest BCUT2D eigenvalue weighted by atomic mass is 9.97. The Morgan fingerprint density at radius 2 is 2.06 bits per heavy atom. The standard InChI is InChI=1S/C20H20N4O7S2/c1-3-30-20(26)13-8-15(31-22-13)14-10-32-17(21-14)11-4-6-23(7-5-11)18(25)12-9-33-19(24(27)28)16(12)29-2/h8-11H,3-7H2,1-2H3. The van der Waals surface area contributed by atoms with E-state index in [0.717, 1.165) is 16.3 Å². The third kappa shape index (κ3) is 4.59. The van der Waals surface area contributed by atoms with Gasteiger partial charge < -0.3 is 18.9 Å². The minimum Gasteiger partial charge on any atom is -0.489 e. The van der Waals surface area contributed by atoms with Crippen molar-refractivity contribution < 1.29 is 28.5 Å². The number of methoxy groups -OCH3 is 1. The Balaban J connectivity index is 1.40. The molecule has 0 aromatic carbocycles. The second kappa shape index (κ2) is 9.67. The van der Waals surface area contributed by atoms with Gasteiger partial charge in [-0.05, 0) is 19.8 Å². The number of carbonyl (C=O) groups excluding carboxylic acids is 2. The Bertz CT molecular complexity index is 1180. The number of thiazole rings is 1. The summed E-state index contributed by atoms with van der Waals surface area (Å²) in [6.07, 6.45) is 1.41. The lowest BCUT2D eigenvalue weighted by Gasteiger charge is -2.31. The number of piperidine rings is 1. The van der Waals surface area contributed by atoms with Crippen LogP contribution in [-0.4, -0.2) is 58.6 Å². The summed E-state index contributed by atoms with van der Waals surface area (Å²) in [4.78, 5) is 41.6. The molecule has 3 aromatic rings. The molecule has 0 N–H and O–H groups in total. The van der Waals surface area contributed by atoms with Gasteiger partial charge in [0.2, 0.25) is 5.75 Å². The monoisotopic (exact) mass is 492 g/mol. The summed E-state index contributed by atoms with van der Waals surface area (Å²) in [5.74, 6) is -0.260. The first-order valence-electron chi connectivity index (χ1n) is 10.1. The van der Waals surface area contributed by atoms with Crippen LogP contribution in [0.1, 0.15) is 51.5 Å². The van der Waals surface area contributed by atoms with E-state index in [2.05, 4.69) is 10.1 Å². The molecule has 0 bridgehead atoms. The van der Waals surface area contributed by atoms with Crippen LogP contribution in [0.4, 0.5) is 5.00 Å². The highest BCUT2D eigenvalue weighted by Crippen LogP contribution is 2.39. The van der Waals surface area contributed by atoms with E-state index in [9.17, 15) is 19.7 Å². The number of rotatable bonds is 7. The molecule has 3 aromatic heterocycles. The molecular formula is C20H20N4O7S2. The van der Waals surface area contributed by atoms with E-state index in [1.807, 2.05) is 5.38 Å². The highest BCUT2D eigenvalue weighted by Gasteiger charge is 2.32. The molecule has 0 radical (unpaired) electrons. The minimum absolute atomic E-state index is 0.0101. The van der Waals surface area contributed by atoms with E-state index in [4.69, 9.17) is 14.0 Å². The molecule has 174 valence electrons. The van der Waals surface area contributed by atoms with Crippen LogP contribution < -0.4 is 4.74 Å². The summed E-state index contributed by atoms with van der Waals surface area (Å²) in [6, 6.07) is 1.51. The second-order valence-electron chi connectivity index (χ2n) is 7.18. The van der Waals surface area contributed by atoms with Crippen LogP contribution in [0, 0.1) is 10.1 Å². The van der Waals surface area contributed by atoms with Gasteiger partial charge in [0, 0.05) is 35.8 Å². The smallest absolute Gasteiger partial charge is 0.366 e. The zero-order valence-electron chi connectivity index (χ0n) is 17.8. The Kier molecular flexibility index (Phi) is 6.70. The van der Waals surface area contributed by atoms with Crippen LogP contribution in [0.2, 0.25) is 0 Å². The third-order valence-corrected chi connectivity index (χ3v) is 7.15. The van der Waals surface area contributed by atoms with E-state index in [1.54, 1.807) is 11.8 Å². The van der Waals surface area contributed by atoms with Crippen molar-refractivity contribution in [3.63, 3.8) is 0 Å². The molecule has 11 nitrogen and oxygen atoms in total. The number of aromatic nitrogens is 2. The molecule has 1 saturated heterocycles. The first kappa shape index (κ1) is 22.9. The molecule has 13 heteroatoms. The van der Waals surface area contributed by atoms with E-state index in [1.165, 1.54) is 29.9 Å². The average molecular weight is 493 g/mol. The zero-order valence-corrected chi connectivity index (χ0v) is 19.4. The third-order valence-electron chi connectivity index (χ3n) is 5.23. The molecule has 0 saturated carbocycles. The largest absolute Gasteiger partial charge is 0.489 e. The maximum Gasteiger partial charge on any atom is 0.366 e.